The molecule has 32 heavy (non-hydrogen) atoms. The normalized spacial score (nSPS) is 11.1. The highest BCUT2D eigenvalue weighted by Gasteiger charge is 2.15. The molecule has 0 saturated carbocycles. The van der Waals surface area contributed by atoms with Gasteiger partial charge in [0.25, 0.3) is 5.91 Å². The Morgan fingerprint density at radius 2 is 1.84 bits per heavy atom. The summed E-state index contributed by atoms with van der Waals surface area (Å²) in [5, 5.41) is 8.97. The second-order valence-electron chi connectivity index (χ2n) is 7.50. The number of benzene rings is 3. The molecule has 1 amide bonds. The molecule has 2 aromatic heterocycles. The Kier molecular flexibility index (Phi) is 5.47. The molecule has 0 bridgehead atoms. The highest BCUT2D eigenvalue weighted by atomic mass is 35.5. The maximum Gasteiger partial charge on any atom is 0.257 e. The number of halogens is 1. The van der Waals surface area contributed by atoms with Crippen LogP contribution in [0, 0.1) is 6.92 Å². The third kappa shape index (κ3) is 4.28. The van der Waals surface area contributed by atoms with E-state index in [4.69, 9.17) is 16.1 Å². The van der Waals surface area contributed by atoms with E-state index < -0.39 is 0 Å². The van der Waals surface area contributed by atoms with Crippen LogP contribution in [0.2, 0.25) is 5.02 Å². The van der Waals surface area contributed by atoms with Gasteiger partial charge in [-0.25, -0.2) is 4.98 Å². The zero-order valence-electron chi connectivity index (χ0n) is 17.1. The fourth-order valence-electron chi connectivity index (χ4n) is 3.42. The first-order valence-corrected chi connectivity index (χ1v) is 11.2. The number of carbonyl (C=O) groups is 1. The van der Waals surface area contributed by atoms with Crippen molar-refractivity contribution in [2.45, 2.75) is 13.3 Å². The van der Waals surface area contributed by atoms with Gasteiger partial charge < -0.3 is 4.52 Å². The Bertz CT molecular complexity index is 1410. The summed E-state index contributed by atoms with van der Waals surface area (Å²) in [6.07, 6.45) is 2.59. The van der Waals surface area contributed by atoms with Crippen molar-refractivity contribution in [2.75, 3.05) is 5.32 Å². The Balaban J connectivity index is 1.35. The average Bonchev–Trinajstić information content (AvgIpc) is 3.42. The zero-order chi connectivity index (χ0) is 22.1. The van der Waals surface area contributed by atoms with Crippen LogP contribution in [0.1, 0.15) is 26.4 Å². The second kappa shape index (κ2) is 8.57. The standard InChI is InChI=1S/C25H18ClN3O2S/c1-15-2-4-16(5-3-15)12-20-14-27-25(32-20)28-24(30)18-8-11-22-21(13-18)23(31-29-22)17-6-9-19(26)10-7-17/h2-11,13-14H,12H2,1H3,(H,27,28,30). The van der Waals surface area contributed by atoms with Crippen LogP contribution in [-0.4, -0.2) is 16.0 Å². The van der Waals surface area contributed by atoms with Gasteiger partial charge in [-0.1, -0.05) is 46.6 Å². The van der Waals surface area contributed by atoms with Gasteiger partial charge in [-0.05, 0) is 55.0 Å². The summed E-state index contributed by atoms with van der Waals surface area (Å²) in [7, 11) is 0. The maximum absolute atomic E-state index is 12.9. The molecule has 5 rings (SSSR count). The largest absolute Gasteiger partial charge is 0.355 e. The van der Waals surface area contributed by atoms with Crippen molar-refractivity contribution in [1.29, 1.82) is 0 Å². The van der Waals surface area contributed by atoms with Gasteiger partial charge in [0.2, 0.25) is 0 Å². The molecular formula is C25H18ClN3O2S. The molecule has 0 spiro atoms. The second-order valence-corrected chi connectivity index (χ2v) is 9.05. The number of aromatic nitrogens is 2. The summed E-state index contributed by atoms with van der Waals surface area (Å²) < 4.78 is 5.53. The van der Waals surface area contributed by atoms with Crippen molar-refractivity contribution in [3.8, 4) is 11.3 Å². The molecule has 0 aliphatic carbocycles. The number of amides is 1. The molecule has 0 aliphatic rings. The number of nitrogens with one attached hydrogen (secondary N) is 1. The van der Waals surface area contributed by atoms with Crippen LogP contribution in [0.4, 0.5) is 5.13 Å². The number of hydrogen-bond donors (Lipinski definition) is 1. The first-order chi connectivity index (χ1) is 15.5. The molecule has 0 atom stereocenters. The quantitative estimate of drug-likeness (QED) is 0.315. The van der Waals surface area contributed by atoms with Crippen molar-refractivity contribution in [1.82, 2.24) is 10.1 Å². The lowest BCUT2D eigenvalue weighted by Gasteiger charge is -2.03. The molecule has 3 aromatic carbocycles. The smallest absolute Gasteiger partial charge is 0.257 e. The average molecular weight is 460 g/mol. The van der Waals surface area contributed by atoms with E-state index in [9.17, 15) is 4.79 Å². The highest BCUT2D eigenvalue weighted by Crippen LogP contribution is 2.30. The molecule has 0 saturated heterocycles. The van der Waals surface area contributed by atoms with Gasteiger partial charge in [-0.2, -0.15) is 0 Å². The minimum atomic E-state index is -0.230. The van der Waals surface area contributed by atoms with Gasteiger partial charge in [0.05, 0.1) is 5.39 Å². The summed E-state index contributed by atoms with van der Waals surface area (Å²) in [5.74, 6) is 0.368. The minimum Gasteiger partial charge on any atom is -0.355 e. The van der Waals surface area contributed by atoms with Gasteiger partial charge in [-0.15, -0.1) is 11.3 Å². The molecule has 0 fully saturated rings. The van der Waals surface area contributed by atoms with E-state index in [-0.39, 0.29) is 5.91 Å². The van der Waals surface area contributed by atoms with Crippen molar-refractivity contribution in [3.05, 3.63) is 99.5 Å². The summed E-state index contributed by atoms with van der Waals surface area (Å²) in [4.78, 5) is 18.3. The lowest BCUT2D eigenvalue weighted by Crippen LogP contribution is -2.11. The molecular weight excluding hydrogens is 442 g/mol. The molecule has 2 heterocycles. The molecule has 158 valence electrons. The van der Waals surface area contributed by atoms with E-state index in [0.717, 1.165) is 22.2 Å². The van der Waals surface area contributed by atoms with Crippen LogP contribution in [0.5, 0.6) is 0 Å². The number of carbonyl (C=O) groups excluding carboxylic acids is 1. The highest BCUT2D eigenvalue weighted by molar-refractivity contribution is 7.15. The first-order valence-electron chi connectivity index (χ1n) is 10.0. The predicted molar refractivity (Wildman–Crippen MR) is 129 cm³/mol. The van der Waals surface area contributed by atoms with Gasteiger partial charge in [0.15, 0.2) is 10.9 Å². The molecule has 1 N–H and O–H groups in total. The zero-order valence-corrected chi connectivity index (χ0v) is 18.7. The van der Waals surface area contributed by atoms with E-state index >= 15 is 0 Å². The number of hydrogen-bond acceptors (Lipinski definition) is 5. The van der Waals surface area contributed by atoms with E-state index in [0.29, 0.717) is 27.0 Å². The van der Waals surface area contributed by atoms with Crippen LogP contribution >= 0.6 is 22.9 Å². The van der Waals surface area contributed by atoms with Gasteiger partial charge in [0.1, 0.15) is 5.52 Å². The summed E-state index contributed by atoms with van der Waals surface area (Å²) in [6, 6.07) is 21.0. The summed E-state index contributed by atoms with van der Waals surface area (Å²) in [5.41, 5.74) is 4.47. The van der Waals surface area contributed by atoms with Crippen LogP contribution in [-0.2, 0) is 6.42 Å². The molecule has 7 heteroatoms. The Labute approximate surface area is 193 Å². The number of anilines is 1. The predicted octanol–water partition coefficient (Wildman–Crippen LogP) is 6.76. The Morgan fingerprint density at radius 1 is 1.06 bits per heavy atom. The molecule has 5 aromatic rings. The number of fused-ring (bicyclic) bond motifs is 1. The first kappa shape index (κ1) is 20.4. The SMILES string of the molecule is Cc1ccc(Cc2cnc(NC(=O)c3ccc4noc(-c5ccc(Cl)cc5)c4c3)s2)cc1. The number of nitrogens with zero attached hydrogens (tertiary/aromatic N) is 2. The Hall–Kier alpha value is -3.48. The van der Waals surface area contributed by atoms with E-state index in [1.54, 1.807) is 30.3 Å². The third-order valence-electron chi connectivity index (χ3n) is 5.12. The molecule has 0 unspecified atom stereocenters. The summed E-state index contributed by atoms with van der Waals surface area (Å²) >= 11 is 7.46. The molecule has 0 radical (unpaired) electrons. The monoisotopic (exact) mass is 459 g/mol. The third-order valence-corrected chi connectivity index (χ3v) is 6.28. The molecule has 5 nitrogen and oxygen atoms in total. The van der Waals surface area contributed by atoms with Crippen molar-refractivity contribution in [2.24, 2.45) is 0 Å². The number of thiazole rings is 1. The van der Waals surface area contributed by atoms with Gasteiger partial charge >= 0.3 is 0 Å². The Morgan fingerprint density at radius 3 is 2.62 bits per heavy atom. The van der Waals surface area contributed by atoms with Crippen molar-refractivity contribution < 1.29 is 9.32 Å². The lowest BCUT2D eigenvalue weighted by atomic mass is 10.1. The fraction of sp³-hybridized carbons (Fsp3) is 0.0800. The van der Waals surface area contributed by atoms with Crippen LogP contribution < -0.4 is 5.32 Å². The van der Waals surface area contributed by atoms with Gasteiger partial charge in [0, 0.05) is 33.6 Å². The van der Waals surface area contributed by atoms with Crippen molar-refractivity contribution >= 4 is 44.9 Å². The van der Waals surface area contributed by atoms with Crippen molar-refractivity contribution in [3.63, 3.8) is 0 Å². The fourth-order valence-corrected chi connectivity index (χ4v) is 4.38. The number of aryl methyl sites for hydroxylation is 1. The van der Waals surface area contributed by atoms with Crippen LogP contribution in [0.3, 0.4) is 0 Å². The number of rotatable bonds is 5. The van der Waals surface area contributed by atoms with E-state index in [1.807, 2.05) is 18.3 Å². The van der Waals surface area contributed by atoms with Gasteiger partial charge in [-0.3, -0.25) is 10.1 Å². The minimum absolute atomic E-state index is 0.230. The molecule has 0 aliphatic heterocycles. The van der Waals surface area contributed by atoms with E-state index in [2.05, 4.69) is 46.6 Å². The van der Waals surface area contributed by atoms with Crippen LogP contribution in [0.25, 0.3) is 22.2 Å². The maximum atomic E-state index is 12.9. The summed E-state index contributed by atoms with van der Waals surface area (Å²) in [6.45, 7) is 2.07. The van der Waals surface area contributed by atoms with E-state index in [1.165, 1.54) is 22.5 Å². The van der Waals surface area contributed by atoms with Crippen LogP contribution in [0.15, 0.2) is 77.4 Å². The lowest BCUT2D eigenvalue weighted by molar-refractivity contribution is 0.102. The topological polar surface area (TPSA) is 68.0 Å².